The van der Waals surface area contributed by atoms with Crippen molar-refractivity contribution >= 4 is 11.6 Å². The molecule has 0 atom stereocenters. The molecule has 2 rings (SSSR count). The van der Waals surface area contributed by atoms with Crippen LogP contribution in [0.1, 0.15) is 12.5 Å². The molecular formula is C15H14ClFO2. The highest BCUT2D eigenvalue weighted by Crippen LogP contribution is 2.25. The summed E-state index contributed by atoms with van der Waals surface area (Å²) >= 11 is 5.78. The van der Waals surface area contributed by atoms with Crippen LogP contribution in [0.3, 0.4) is 0 Å². The maximum Gasteiger partial charge on any atom is 0.132 e. The summed E-state index contributed by atoms with van der Waals surface area (Å²) in [6, 6.07) is 11.6. The lowest BCUT2D eigenvalue weighted by Crippen LogP contribution is -1.96. The molecule has 0 fully saturated rings. The van der Waals surface area contributed by atoms with Gasteiger partial charge in [-0.05, 0) is 37.3 Å². The van der Waals surface area contributed by atoms with Gasteiger partial charge in [-0.25, -0.2) is 4.39 Å². The van der Waals surface area contributed by atoms with E-state index in [1.807, 2.05) is 6.92 Å². The number of benzene rings is 2. The maximum absolute atomic E-state index is 13.8. The predicted octanol–water partition coefficient (Wildman–Crippen LogP) is 4.81. The Balaban J connectivity index is 2.09. The molecule has 0 aliphatic heterocycles. The van der Waals surface area contributed by atoms with Crippen molar-refractivity contribution in [1.29, 1.82) is 0 Å². The first-order valence-corrected chi connectivity index (χ1v) is 6.36. The van der Waals surface area contributed by atoms with Crippen LogP contribution in [0.2, 0.25) is 5.02 Å². The molecule has 4 heteroatoms. The standard InChI is InChI=1S/C15H14ClFO2/c1-2-18-10-11-3-6-14(9-15(11)17)19-13-7-4-12(16)5-8-13/h3-9H,2,10H2,1H3. The van der Waals surface area contributed by atoms with Gasteiger partial charge < -0.3 is 9.47 Å². The second kappa shape index (κ2) is 6.55. The number of hydrogen-bond donors (Lipinski definition) is 0. The zero-order valence-corrected chi connectivity index (χ0v) is 11.3. The first kappa shape index (κ1) is 13.8. The van der Waals surface area contributed by atoms with Crippen LogP contribution in [0, 0.1) is 5.82 Å². The predicted molar refractivity (Wildman–Crippen MR) is 73.3 cm³/mol. The van der Waals surface area contributed by atoms with Crippen LogP contribution in [0.25, 0.3) is 0 Å². The van der Waals surface area contributed by atoms with Gasteiger partial charge in [-0.15, -0.1) is 0 Å². The van der Waals surface area contributed by atoms with Crippen molar-refractivity contribution in [1.82, 2.24) is 0 Å². The smallest absolute Gasteiger partial charge is 0.132 e. The molecule has 0 aliphatic rings. The quantitative estimate of drug-likeness (QED) is 0.782. The largest absolute Gasteiger partial charge is 0.457 e. The summed E-state index contributed by atoms with van der Waals surface area (Å²) in [6.07, 6.45) is 0. The van der Waals surface area contributed by atoms with E-state index < -0.39 is 0 Å². The summed E-state index contributed by atoms with van der Waals surface area (Å²) in [4.78, 5) is 0. The minimum absolute atomic E-state index is 0.267. The van der Waals surface area contributed by atoms with Crippen LogP contribution in [0.4, 0.5) is 4.39 Å². The second-order valence-electron chi connectivity index (χ2n) is 3.95. The summed E-state index contributed by atoms with van der Waals surface area (Å²) in [6.45, 7) is 2.70. The van der Waals surface area contributed by atoms with E-state index in [1.165, 1.54) is 6.07 Å². The van der Waals surface area contributed by atoms with Crippen molar-refractivity contribution in [2.45, 2.75) is 13.5 Å². The van der Waals surface area contributed by atoms with Crippen molar-refractivity contribution in [2.75, 3.05) is 6.61 Å². The Labute approximate surface area is 116 Å². The van der Waals surface area contributed by atoms with E-state index in [1.54, 1.807) is 36.4 Å². The molecule has 0 N–H and O–H groups in total. The van der Waals surface area contributed by atoms with Gasteiger partial charge in [0.2, 0.25) is 0 Å². The van der Waals surface area contributed by atoms with Crippen LogP contribution in [0.15, 0.2) is 42.5 Å². The molecular weight excluding hydrogens is 267 g/mol. The minimum Gasteiger partial charge on any atom is -0.457 e. The lowest BCUT2D eigenvalue weighted by Gasteiger charge is -2.08. The molecule has 0 unspecified atom stereocenters. The first-order valence-electron chi connectivity index (χ1n) is 5.98. The zero-order chi connectivity index (χ0) is 13.7. The van der Waals surface area contributed by atoms with Crippen LogP contribution in [-0.4, -0.2) is 6.61 Å². The van der Waals surface area contributed by atoms with Crippen LogP contribution in [0.5, 0.6) is 11.5 Å². The molecule has 0 bridgehead atoms. The normalized spacial score (nSPS) is 10.5. The Morgan fingerprint density at radius 3 is 2.37 bits per heavy atom. The molecule has 19 heavy (non-hydrogen) atoms. The van der Waals surface area contributed by atoms with E-state index in [-0.39, 0.29) is 12.4 Å². The highest BCUT2D eigenvalue weighted by atomic mass is 35.5. The summed E-state index contributed by atoms with van der Waals surface area (Å²) in [5, 5.41) is 0.630. The number of halogens is 2. The monoisotopic (exact) mass is 280 g/mol. The first-order chi connectivity index (χ1) is 9.19. The molecule has 0 amide bonds. The van der Waals surface area contributed by atoms with Crippen LogP contribution >= 0.6 is 11.6 Å². The second-order valence-corrected chi connectivity index (χ2v) is 4.38. The Morgan fingerprint density at radius 2 is 1.74 bits per heavy atom. The van der Waals surface area contributed by atoms with Crippen molar-refractivity contribution in [3.8, 4) is 11.5 Å². The molecule has 2 aromatic rings. The minimum atomic E-state index is -0.333. The maximum atomic E-state index is 13.8. The van der Waals surface area contributed by atoms with Crippen molar-refractivity contribution < 1.29 is 13.9 Å². The Hall–Kier alpha value is -1.58. The average Bonchev–Trinajstić information content (AvgIpc) is 2.41. The molecule has 0 saturated heterocycles. The van der Waals surface area contributed by atoms with E-state index in [0.717, 1.165) is 0 Å². The average molecular weight is 281 g/mol. The third-order valence-corrected chi connectivity index (χ3v) is 2.79. The lowest BCUT2D eigenvalue weighted by atomic mass is 10.2. The molecule has 2 nitrogen and oxygen atoms in total. The van der Waals surface area contributed by atoms with Crippen LogP contribution in [-0.2, 0) is 11.3 Å². The van der Waals surface area contributed by atoms with Gasteiger partial charge in [0.1, 0.15) is 17.3 Å². The molecule has 0 aromatic heterocycles. The van der Waals surface area contributed by atoms with Gasteiger partial charge in [0.15, 0.2) is 0 Å². The van der Waals surface area contributed by atoms with E-state index >= 15 is 0 Å². The molecule has 2 aromatic carbocycles. The lowest BCUT2D eigenvalue weighted by molar-refractivity contribution is 0.131. The highest BCUT2D eigenvalue weighted by Gasteiger charge is 2.05. The summed E-state index contributed by atoms with van der Waals surface area (Å²) in [5.41, 5.74) is 0.519. The summed E-state index contributed by atoms with van der Waals surface area (Å²) in [7, 11) is 0. The fraction of sp³-hybridized carbons (Fsp3) is 0.200. The Kier molecular flexibility index (Phi) is 4.77. The number of rotatable bonds is 5. The summed E-state index contributed by atoms with van der Waals surface area (Å²) in [5.74, 6) is 0.723. The van der Waals surface area contributed by atoms with Crippen LogP contribution < -0.4 is 4.74 Å². The molecule has 0 aliphatic carbocycles. The van der Waals surface area contributed by atoms with E-state index in [4.69, 9.17) is 21.1 Å². The van der Waals surface area contributed by atoms with Gasteiger partial charge in [-0.3, -0.25) is 0 Å². The molecule has 0 radical (unpaired) electrons. The Bertz CT molecular complexity index is 540. The fourth-order valence-corrected chi connectivity index (χ4v) is 1.69. The van der Waals surface area contributed by atoms with Crippen molar-refractivity contribution in [2.24, 2.45) is 0 Å². The van der Waals surface area contributed by atoms with Crippen molar-refractivity contribution in [3.05, 3.63) is 58.9 Å². The molecule has 0 spiro atoms. The van der Waals surface area contributed by atoms with Gasteiger partial charge >= 0.3 is 0 Å². The van der Waals surface area contributed by atoms with Gasteiger partial charge in [-0.2, -0.15) is 0 Å². The highest BCUT2D eigenvalue weighted by molar-refractivity contribution is 6.30. The number of hydrogen-bond acceptors (Lipinski definition) is 2. The SMILES string of the molecule is CCOCc1ccc(Oc2ccc(Cl)cc2)cc1F. The van der Waals surface area contributed by atoms with Gasteiger partial charge in [0.25, 0.3) is 0 Å². The van der Waals surface area contributed by atoms with Gasteiger partial charge in [0.05, 0.1) is 6.61 Å². The van der Waals surface area contributed by atoms with Gasteiger partial charge in [-0.1, -0.05) is 17.7 Å². The fourth-order valence-electron chi connectivity index (χ4n) is 1.56. The van der Waals surface area contributed by atoms with Gasteiger partial charge in [0, 0.05) is 23.3 Å². The third kappa shape index (κ3) is 3.94. The van der Waals surface area contributed by atoms with Crippen molar-refractivity contribution in [3.63, 3.8) is 0 Å². The summed E-state index contributed by atoms with van der Waals surface area (Å²) < 4.78 is 24.5. The molecule has 0 heterocycles. The molecule has 0 saturated carbocycles. The zero-order valence-electron chi connectivity index (χ0n) is 10.5. The third-order valence-electron chi connectivity index (χ3n) is 2.54. The Morgan fingerprint density at radius 1 is 1.05 bits per heavy atom. The van der Waals surface area contributed by atoms with E-state index in [0.29, 0.717) is 28.7 Å². The molecule has 100 valence electrons. The number of ether oxygens (including phenoxy) is 2. The topological polar surface area (TPSA) is 18.5 Å². The van der Waals surface area contributed by atoms with E-state index in [2.05, 4.69) is 0 Å². The van der Waals surface area contributed by atoms with E-state index in [9.17, 15) is 4.39 Å².